The molecule has 3 nitrogen and oxygen atoms in total. The standard InChI is InChI=1S/C14H23N3/c1-10(2)15-14-9-13(11-7-8-11)16-17(14)12-5-3-4-6-12/h9-12,15H,3-8H2,1-2H3. The molecule has 0 unspecified atom stereocenters. The van der Waals surface area contributed by atoms with Crippen LogP contribution in [0.5, 0.6) is 0 Å². The van der Waals surface area contributed by atoms with Gasteiger partial charge in [-0.15, -0.1) is 0 Å². The van der Waals surface area contributed by atoms with Gasteiger partial charge in [0.2, 0.25) is 0 Å². The van der Waals surface area contributed by atoms with Gasteiger partial charge in [-0.2, -0.15) is 5.10 Å². The van der Waals surface area contributed by atoms with Crippen LogP contribution in [0.1, 0.15) is 70.0 Å². The molecule has 0 amide bonds. The fourth-order valence-electron chi connectivity index (χ4n) is 2.82. The van der Waals surface area contributed by atoms with Crippen molar-refractivity contribution in [3.8, 4) is 0 Å². The molecule has 2 aliphatic carbocycles. The summed E-state index contributed by atoms with van der Waals surface area (Å²) in [6.45, 7) is 4.39. The van der Waals surface area contributed by atoms with Crippen LogP contribution in [0, 0.1) is 0 Å². The van der Waals surface area contributed by atoms with E-state index < -0.39 is 0 Å². The third kappa shape index (κ3) is 2.33. The first-order valence-corrected chi connectivity index (χ1v) is 7.10. The Morgan fingerprint density at radius 1 is 1.24 bits per heavy atom. The number of nitrogens with zero attached hydrogens (tertiary/aromatic N) is 2. The van der Waals surface area contributed by atoms with Crippen molar-refractivity contribution >= 4 is 5.82 Å². The number of aromatic nitrogens is 2. The van der Waals surface area contributed by atoms with Crippen LogP contribution in [0.3, 0.4) is 0 Å². The summed E-state index contributed by atoms with van der Waals surface area (Å²) in [5.74, 6) is 2.00. The molecule has 17 heavy (non-hydrogen) atoms. The molecule has 1 N–H and O–H groups in total. The fourth-order valence-corrected chi connectivity index (χ4v) is 2.82. The van der Waals surface area contributed by atoms with E-state index in [1.165, 1.54) is 50.0 Å². The number of hydrogen-bond donors (Lipinski definition) is 1. The predicted octanol–water partition coefficient (Wildman–Crippen LogP) is 3.70. The highest BCUT2D eigenvalue weighted by Crippen LogP contribution is 2.41. The maximum absolute atomic E-state index is 4.86. The van der Waals surface area contributed by atoms with Crippen molar-refractivity contribution in [1.82, 2.24) is 9.78 Å². The van der Waals surface area contributed by atoms with Crippen molar-refractivity contribution in [2.24, 2.45) is 0 Å². The topological polar surface area (TPSA) is 29.9 Å². The summed E-state index contributed by atoms with van der Waals surface area (Å²) in [5.41, 5.74) is 1.32. The van der Waals surface area contributed by atoms with E-state index in [0.29, 0.717) is 12.1 Å². The molecule has 2 saturated carbocycles. The van der Waals surface area contributed by atoms with Crippen LogP contribution >= 0.6 is 0 Å². The molecule has 0 saturated heterocycles. The van der Waals surface area contributed by atoms with Crippen LogP contribution in [-0.4, -0.2) is 15.8 Å². The minimum Gasteiger partial charge on any atom is -0.368 e. The van der Waals surface area contributed by atoms with Crippen LogP contribution in [0.25, 0.3) is 0 Å². The Morgan fingerprint density at radius 2 is 1.94 bits per heavy atom. The third-order valence-electron chi connectivity index (χ3n) is 3.86. The molecule has 2 aliphatic rings. The Balaban J connectivity index is 1.86. The minimum absolute atomic E-state index is 0.485. The van der Waals surface area contributed by atoms with Gasteiger partial charge in [-0.25, -0.2) is 4.68 Å². The van der Waals surface area contributed by atoms with Gasteiger partial charge in [0.25, 0.3) is 0 Å². The van der Waals surface area contributed by atoms with Crippen molar-refractivity contribution in [2.75, 3.05) is 5.32 Å². The van der Waals surface area contributed by atoms with Gasteiger partial charge >= 0.3 is 0 Å². The quantitative estimate of drug-likeness (QED) is 0.859. The highest BCUT2D eigenvalue weighted by Gasteiger charge is 2.29. The summed E-state index contributed by atoms with van der Waals surface area (Å²) in [5, 5.41) is 8.42. The number of hydrogen-bond acceptors (Lipinski definition) is 2. The molecule has 2 fully saturated rings. The number of nitrogens with one attached hydrogen (secondary N) is 1. The average molecular weight is 233 g/mol. The van der Waals surface area contributed by atoms with E-state index in [0.717, 1.165) is 5.92 Å². The lowest BCUT2D eigenvalue weighted by molar-refractivity contribution is 0.466. The molecule has 0 bridgehead atoms. The number of anilines is 1. The zero-order chi connectivity index (χ0) is 11.8. The lowest BCUT2D eigenvalue weighted by Crippen LogP contribution is -2.16. The van der Waals surface area contributed by atoms with Crippen LogP contribution in [-0.2, 0) is 0 Å². The zero-order valence-corrected chi connectivity index (χ0v) is 10.9. The molecule has 1 heterocycles. The van der Waals surface area contributed by atoms with Gasteiger partial charge in [0.05, 0.1) is 11.7 Å². The number of rotatable bonds is 4. The Kier molecular flexibility index (Phi) is 2.85. The molecule has 0 radical (unpaired) electrons. The lowest BCUT2D eigenvalue weighted by Gasteiger charge is -2.16. The second-order valence-corrected chi connectivity index (χ2v) is 5.91. The lowest BCUT2D eigenvalue weighted by atomic mass is 10.2. The SMILES string of the molecule is CC(C)Nc1cc(C2CC2)nn1C1CCCC1. The van der Waals surface area contributed by atoms with Gasteiger partial charge in [0.1, 0.15) is 5.82 Å². The summed E-state index contributed by atoms with van der Waals surface area (Å²) in [6, 6.07) is 3.42. The van der Waals surface area contributed by atoms with Gasteiger partial charge in [-0.1, -0.05) is 12.8 Å². The smallest absolute Gasteiger partial charge is 0.125 e. The van der Waals surface area contributed by atoms with E-state index in [1.54, 1.807) is 0 Å². The summed E-state index contributed by atoms with van der Waals surface area (Å²) >= 11 is 0. The molecule has 94 valence electrons. The van der Waals surface area contributed by atoms with Crippen molar-refractivity contribution < 1.29 is 0 Å². The molecule has 1 aromatic heterocycles. The van der Waals surface area contributed by atoms with Gasteiger partial charge in [0.15, 0.2) is 0 Å². The fraction of sp³-hybridized carbons (Fsp3) is 0.786. The molecule has 0 aliphatic heterocycles. The van der Waals surface area contributed by atoms with E-state index in [1.807, 2.05) is 0 Å². The van der Waals surface area contributed by atoms with Gasteiger partial charge in [-0.05, 0) is 39.5 Å². The van der Waals surface area contributed by atoms with Crippen LogP contribution in [0.2, 0.25) is 0 Å². The molecule has 0 spiro atoms. The van der Waals surface area contributed by atoms with Crippen LogP contribution in [0.15, 0.2) is 6.07 Å². The van der Waals surface area contributed by atoms with E-state index in [-0.39, 0.29) is 0 Å². The summed E-state index contributed by atoms with van der Waals surface area (Å²) in [7, 11) is 0. The van der Waals surface area contributed by atoms with E-state index >= 15 is 0 Å². The van der Waals surface area contributed by atoms with Crippen LogP contribution < -0.4 is 5.32 Å². The van der Waals surface area contributed by atoms with E-state index in [9.17, 15) is 0 Å². The maximum Gasteiger partial charge on any atom is 0.125 e. The van der Waals surface area contributed by atoms with E-state index in [2.05, 4.69) is 29.9 Å². The van der Waals surface area contributed by atoms with Gasteiger partial charge in [0, 0.05) is 18.0 Å². The first kappa shape index (κ1) is 11.1. The Labute approximate surface area is 104 Å². The van der Waals surface area contributed by atoms with Crippen molar-refractivity contribution in [3.63, 3.8) is 0 Å². The Hall–Kier alpha value is -0.990. The molecular formula is C14H23N3. The van der Waals surface area contributed by atoms with Crippen molar-refractivity contribution in [3.05, 3.63) is 11.8 Å². The second-order valence-electron chi connectivity index (χ2n) is 5.91. The average Bonchev–Trinajstić information content (AvgIpc) is 2.84. The molecule has 1 aromatic rings. The summed E-state index contributed by atoms with van der Waals surface area (Å²) in [6.07, 6.45) is 8.01. The second kappa shape index (κ2) is 4.35. The van der Waals surface area contributed by atoms with Gasteiger partial charge < -0.3 is 5.32 Å². The molecule has 3 heteroatoms. The third-order valence-corrected chi connectivity index (χ3v) is 3.86. The van der Waals surface area contributed by atoms with Crippen molar-refractivity contribution in [2.45, 2.75) is 70.4 Å². The minimum atomic E-state index is 0.485. The molecule has 0 aromatic carbocycles. The zero-order valence-electron chi connectivity index (χ0n) is 10.9. The first-order valence-electron chi connectivity index (χ1n) is 7.10. The predicted molar refractivity (Wildman–Crippen MR) is 70.5 cm³/mol. The maximum atomic E-state index is 4.86. The largest absolute Gasteiger partial charge is 0.368 e. The summed E-state index contributed by atoms with van der Waals surface area (Å²) in [4.78, 5) is 0. The highest BCUT2D eigenvalue weighted by atomic mass is 15.4. The highest BCUT2D eigenvalue weighted by molar-refractivity contribution is 5.40. The molecule has 0 atom stereocenters. The Bertz CT molecular complexity index is 384. The Morgan fingerprint density at radius 3 is 2.53 bits per heavy atom. The van der Waals surface area contributed by atoms with Gasteiger partial charge in [-0.3, -0.25) is 0 Å². The monoisotopic (exact) mass is 233 g/mol. The van der Waals surface area contributed by atoms with Crippen LogP contribution in [0.4, 0.5) is 5.82 Å². The first-order chi connectivity index (χ1) is 8.24. The molecule has 3 rings (SSSR count). The van der Waals surface area contributed by atoms with E-state index in [4.69, 9.17) is 5.10 Å². The summed E-state index contributed by atoms with van der Waals surface area (Å²) < 4.78 is 2.28. The normalized spacial score (nSPS) is 21.4. The molecular weight excluding hydrogens is 210 g/mol. The van der Waals surface area contributed by atoms with Crippen molar-refractivity contribution in [1.29, 1.82) is 0 Å².